The molecular weight excluding hydrogens is 288 g/mol. The zero-order valence-corrected chi connectivity index (χ0v) is 12.2. The largest absolute Gasteiger partial charge is 0.481 e. The third-order valence-electron chi connectivity index (χ3n) is 3.37. The van der Waals surface area contributed by atoms with Gasteiger partial charge in [0, 0.05) is 4.70 Å². The van der Waals surface area contributed by atoms with Gasteiger partial charge in [0.05, 0.1) is 17.3 Å². The van der Waals surface area contributed by atoms with Gasteiger partial charge in [0.25, 0.3) is 0 Å². The van der Waals surface area contributed by atoms with E-state index in [4.69, 9.17) is 5.11 Å². The van der Waals surface area contributed by atoms with E-state index < -0.39 is 5.97 Å². The van der Waals surface area contributed by atoms with Crippen LogP contribution in [0.1, 0.15) is 25.8 Å². The number of carbonyl (C=O) groups is 1. The number of aromatic nitrogens is 4. The number of carboxylic acids is 1. The molecule has 0 aliphatic heterocycles. The number of hydrogen-bond donors (Lipinski definition) is 1. The molecule has 2 heterocycles. The van der Waals surface area contributed by atoms with E-state index in [9.17, 15) is 4.79 Å². The van der Waals surface area contributed by atoms with Crippen LogP contribution in [-0.2, 0) is 4.79 Å². The monoisotopic (exact) mass is 302 g/mol. The predicted molar refractivity (Wildman–Crippen MR) is 80.2 cm³/mol. The minimum Gasteiger partial charge on any atom is -0.481 e. The van der Waals surface area contributed by atoms with Crippen molar-refractivity contribution in [1.82, 2.24) is 20.2 Å². The van der Waals surface area contributed by atoms with Crippen LogP contribution in [0.4, 0.5) is 0 Å². The predicted octanol–water partition coefficient (Wildman–Crippen LogP) is 2.98. The minimum atomic E-state index is -0.848. The summed E-state index contributed by atoms with van der Waals surface area (Å²) in [5, 5.41) is 21.9. The molecule has 0 radical (unpaired) electrons. The molecular formula is C14H14N4O2S. The summed E-state index contributed by atoms with van der Waals surface area (Å²) in [5.41, 5.74) is 0. The van der Waals surface area contributed by atoms with Crippen LogP contribution in [0.3, 0.4) is 0 Å². The van der Waals surface area contributed by atoms with Crippen molar-refractivity contribution >= 4 is 27.4 Å². The second-order valence-electron chi connectivity index (χ2n) is 4.76. The smallest absolute Gasteiger partial charge is 0.305 e. The Balaban J connectivity index is 2.03. The number of fused-ring (bicyclic) bond motifs is 1. The SMILES string of the molecule is CCC(CC(=O)O)n1nnnc1-c1cc2ccccc2s1. The number of benzene rings is 1. The van der Waals surface area contributed by atoms with E-state index in [-0.39, 0.29) is 12.5 Å². The normalized spacial score (nSPS) is 12.6. The van der Waals surface area contributed by atoms with Crippen LogP contribution in [0, 0.1) is 0 Å². The lowest BCUT2D eigenvalue weighted by atomic mass is 10.1. The Kier molecular flexibility index (Phi) is 3.66. The fraction of sp³-hybridized carbons (Fsp3) is 0.286. The van der Waals surface area contributed by atoms with Crippen LogP contribution in [0.25, 0.3) is 20.8 Å². The van der Waals surface area contributed by atoms with Gasteiger partial charge in [-0.25, -0.2) is 4.68 Å². The highest BCUT2D eigenvalue weighted by atomic mass is 32.1. The molecule has 0 aliphatic rings. The van der Waals surface area contributed by atoms with Crippen LogP contribution in [0.2, 0.25) is 0 Å². The van der Waals surface area contributed by atoms with Gasteiger partial charge in [-0.3, -0.25) is 4.79 Å². The Bertz CT molecular complexity index is 747. The molecule has 21 heavy (non-hydrogen) atoms. The van der Waals surface area contributed by atoms with Crippen molar-refractivity contribution < 1.29 is 9.90 Å². The van der Waals surface area contributed by atoms with E-state index in [1.54, 1.807) is 16.0 Å². The molecule has 0 aliphatic carbocycles. The maximum atomic E-state index is 11.0. The minimum absolute atomic E-state index is 0.0133. The summed E-state index contributed by atoms with van der Waals surface area (Å²) in [5.74, 6) is -0.219. The molecule has 0 spiro atoms. The molecule has 6 nitrogen and oxygen atoms in total. The number of thiophene rings is 1. The average Bonchev–Trinajstić information content (AvgIpc) is 3.10. The maximum Gasteiger partial charge on any atom is 0.305 e. The second-order valence-corrected chi connectivity index (χ2v) is 5.84. The van der Waals surface area contributed by atoms with Gasteiger partial charge in [-0.1, -0.05) is 25.1 Å². The Morgan fingerprint density at radius 1 is 1.43 bits per heavy atom. The van der Waals surface area contributed by atoms with E-state index in [1.165, 1.54) is 0 Å². The summed E-state index contributed by atoms with van der Waals surface area (Å²) in [7, 11) is 0. The van der Waals surface area contributed by atoms with Crippen molar-refractivity contribution in [3.8, 4) is 10.7 Å². The van der Waals surface area contributed by atoms with E-state index in [1.807, 2.05) is 37.3 Å². The standard InChI is InChI=1S/C14H14N4O2S/c1-2-10(8-13(19)20)18-14(15-16-17-18)12-7-9-5-3-4-6-11(9)21-12/h3-7,10H,2,8H2,1H3,(H,19,20). The van der Waals surface area contributed by atoms with Gasteiger partial charge in [-0.2, -0.15) is 0 Å². The lowest BCUT2D eigenvalue weighted by Crippen LogP contribution is -2.15. The molecule has 3 rings (SSSR count). The molecule has 1 N–H and O–H groups in total. The molecule has 108 valence electrons. The van der Waals surface area contributed by atoms with Crippen molar-refractivity contribution in [1.29, 1.82) is 0 Å². The lowest BCUT2D eigenvalue weighted by Gasteiger charge is -2.13. The number of rotatable bonds is 5. The number of carboxylic acid groups (broad SMARTS) is 1. The molecule has 0 amide bonds. The van der Waals surface area contributed by atoms with Gasteiger partial charge in [-0.05, 0) is 34.4 Å². The Hall–Kier alpha value is -2.28. The fourth-order valence-electron chi connectivity index (χ4n) is 2.30. The van der Waals surface area contributed by atoms with Crippen molar-refractivity contribution in [2.24, 2.45) is 0 Å². The first-order valence-corrected chi connectivity index (χ1v) is 7.49. The fourth-order valence-corrected chi connectivity index (χ4v) is 3.34. The lowest BCUT2D eigenvalue weighted by molar-refractivity contribution is -0.138. The van der Waals surface area contributed by atoms with Crippen molar-refractivity contribution in [3.05, 3.63) is 30.3 Å². The van der Waals surface area contributed by atoms with E-state index in [0.717, 1.165) is 15.0 Å². The van der Waals surface area contributed by atoms with Crippen LogP contribution < -0.4 is 0 Å². The third kappa shape index (κ3) is 2.64. The number of nitrogens with zero attached hydrogens (tertiary/aromatic N) is 4. The molecule has 0 saturated heterocycles. The first kappa shape index (κ1) is 13.7. The van der Waals surface area contributed by atoms with Gasteiger partial charge in [0.15, 0.2) is 5.82 Å². The Morgan fingerprint density at radius 3 is 2.95 bits per heavy atom. The summed E-state index contributed by atoms with van der Waals surface area (Å²) < 4.78 is 2.78. The highest BCUT2D eigenvalue weighted by Crippen LogP contribution is 2.33. The molecule has 2 aromatic heterocycles. The molecule has 0 bridgehead atoms. The summed E-state index contributed by atoms with van der Waals surface area (Å²) in [4.78, 5) is 11.9. The van der Waals surface area contributed by atoms with Gasteiger partial charge < -0.3 is 5.11 Å². The topological polar surface area (TPSA) is 80.9 Å². The van der Waals surface area contributed by atoms with Gasteiger partial charge >= 0.3 is 5.97 Å². The van der Waals surface area contributed by atoms with Crippen molar-refractivity contribution in [3.63, 3.8) is 0 Å². The average molecular weight is 302 g/mol. The Labute approximate surface area is 125 Å². The first-order chi connectivity index (χ1) is 10.2. The molecule has 7 heteroatoms. The van der Waals surface area contributed by atoms with Crippen molar-refractivity contribution in [2.45, 2.75) is 25.8 Å². The zero-order chi connectivity index (χ0) is 14.8. The summed E-state index contributed by atoms with van der Waals surface area (Å²) >= 11 is 1.61. The number of tetrazole rings is 1. The number of hydrogen-bond acceptors (Lipinski definition) is 5. The van der Waals surface area contributed by atoms with E-state index in [0.29, 0.717) is 12.2 Å². The van der Waals surface area contributed by atoms with Gasteiger partial charge in [0.1, 0.15) is 0 Å². The van der Waals surface area contributed by atoms with Crippen LogP contribution in [0.15, 0.2) is 30.3 Å². The third-order valence-corrected chi connectivity index (χ3v) is 4.48. The highest BCUT2D eigenvalue weighted by Gasteiger charge is 2.20. The molecule has 0 saturated carbocycles. The highest BCUT2D eigenvalue weighted by molar-refractivity contribution is 7.22. The van der Waals surface area contributed by atoms with Crippen molar-refractivity contribution in [2.75, 3.05) is 0 Å². The van der Waals surface area contributed by atoms with Crippen LogP contribution in [-0.4, -0.2) is 31.3 Å². The molecule has 1 atom stereocenters. The quantitative estimate of drug-likeness (QED) is 0.783. The van der Waals surface area contributed by atoms with E-state index in [2.05, 4.69) is 15.5 Å². The molecule has 0 fully saturated rings. The summed E-state index contributed by atoms with van der Waals surface area (Å²) in [6, 6.07) is 9.86. The Morgan fingerprint density at radius 2 is 2.24 bits per heavy atom. The van der Waals surface area contributed by atoms with Gasteiger partial charge in [0.2, 0.25) is 0 Å². The maximum absolute atomic E-state index is 11.0. The molecule has 3 aromatic rings. The molecule has 1 aromatic carbocycles. The first-order valence-electron chi connectivity index (χ1n) is 6.67. The van der Waals surface area contributed by atoms with E-state index >= 15 is 0 Å². The second kappa shape index (κ2) is 5.61. The van der Waals surface area contributed by atoms with Gasteiger partial charge in [-0.15, -0.1) is 16.4 Å². The summed E-state index contributed by atoms with van der Waals surface area (Å²) in [6.45, 7) is 1.93. The summed E-state index contributed by atoms with van der Waals surface area (Å²) in [6.07, 6.45) is 0.675. The van der Waals surface area contributed by atoms with Crippen LogP contribution in [0.5, 0.6) is 0 Å². The molecule has 1 unspecified atom stereocenters. The number of aliphatic carboxylic acids is 1. The zero-order valence-electron chi connectivity index (χ0n) is 11.4. The van der Waals surface area contributed by atoms with Crippen LogP contribution >= 0.6 is 11.3 Å².